The first-order valence-corrected chi connectivity index (χ1v) is 9.20. The number of halogens is 1. The van der Waals surface area contributed by atoms with Crippen molar-refractivity contribution in [2.45, 2.75) is 45.1 Å². The number of furan rings is 1. The summed E-state index contributed by atoms with van der Waals surface area (Å²) < 4.78 is 19.3. The zero-order valence-electron chi connectivity index (χ0n) is 15.9. The number of amides is 2. The first-order valence-electron chi connectivity index (χ1n) is 9.20. The van der Waals surface area contributed by atoms with Gasteiger partial charge in [0.1, 0.15) is 11.6 Å². The zero-order chi connectivity index (χ0) is 19.6. The van der Waals surface area contributed by atoms with Gasteiger partial charge >= 0.3 is 0 Å². The van der Waals surface area contributed by atoms with Crippen LogP contribution in [0.25, 0.3) is 0 Å². The Morgan fingerprint density at radius 1 is 1.19 bits per heavy atom. The van der Waals surface area contributed by atoms with Gasteiger partial charge < -0.3 is 14.6 Å². The Morgan fingerprint density at radius 2 is 1.85 bits per heavy atom. The Hall–Kier alpha value is -2.63. The van der Waals surface area contributed by atoms with Crippen molar-refractivity contribution in [3.8, 4) is 0 Å². The molecule has 27 heavy (non-hydrogen) atoms. The number of aryl methyl sites for hydroxylation is 1. The molecule has 1 saturated heterocycles. The molecule has 0 unspecified atom stereocenters. The van der Waals surface area contributed by atoms with Crippen molar-refractivity contribution >= 4 is 11.8 Å². The van der Waals surface area contributed by atoms with Gasteiger partial charge in [0, 0.05) is 24.7 Å². The first-order chi connectivity index (χ1) is 12.8. The maximum Gasteiger partial charge on any atom is 0.255 e. The number of piperidine rings is 1. The van der Waals surface area contributed by atoms with Crippen LogP contribution in [-0.2, 0) is 10.2 Å². The molecule has 6 heteroatoms. The lowest BCUT2D eigenvalue weighted by atomic mass is 9.82. The summed E-state index contributed by atoms with van der Waals surface area (Å²) in [6, 6.07) is 8.06. The Balaban J connectivity index is 1.60. The van der Waals surface area contributed by atoms with Crippen molar-refractivity contribution in [3.63, 3.8) is 0 Å². The molecule has 0 radical (unpaired) electrons. The van der Waals surface area contributed by atoms with Crippen LogP contribution in [0.4, 0.5) is 4.39 Å². The Labute approximate surface area is 158 Å². The molecule has 2 heterocycles. The second-order valence-corrected chi connectivity index (χ2v) is 7.54. The largest absolute Gasteiger partial charge is 0.469 e. The van der Waals surface area contributed by atoms with Gasteiger partial charge in [-0.3, -0.25) is 9.59 Å². The molecule has 5 nitrogen and oxygen atoms in total. The molecule has 2 amide bonds. The Bertz CT molecular complexity index is 835. The van der Waals surface area contributed by atoms with Gasteiger partial charge in [0.2, 0.25) is 5.91 Å². The molecule has 1 N–H and O–H groups in total. The third kappa shape index (κ3) is 3.89. The van der Waals surface area contributed by atoms with Gasteiger partial charge in [-0.2, -0.15) is 0 Å². The normalized spacial score (nSPS) is 15.6. The summed E-state index contributed by atoms with van der Waals surface area (Å²) >= 11 is 0. The predicted molar refractivity (Wildman–Crippen MR) is 99.9 cm³/mol. The monoisotopic (exact) mass is 372 g/mol. The number of carbonyl (C=O) groups is 2. The summed E-state index contributed by atoms with van der Waals surface area (Å²) in [7, 11) is 0. The minimum Gasteiger partial charge on any atom is -0.469 e. The lowest BCUT2D eigenvalue weighted by molar-refractivity contribution is -0.137. The average Bonchev–Trinajstić information content (AvgIpc) is 3.08. The van der Waals surface area contributed by atoms with Gasteiger partial charge in [-0.1, -0.05) is 18.2 Å². The number of nitrogens with one attached hydrogen (secondary N) is 1. The lowest BCUT2D eigenvalue weighted by Gasteiger charge is -2.37. The van der Waals surface area contributed by atoms with E-state index in [2.05, 4.69) is 5.32 Å². The van der Waals surface area contributed by atoms with Crippen molar-refractivity contribution in [2.24, 2.45) is 0 Å². The Morgan fingerprint density at radius 3 is 2.44 bits per heavy atom. The fourth-order valence-corrected chi connectivity index (χ4v) is 3.59. The summed E-state index contributed by atoms with van der Waals surface area (Å²) in [5, 5.41) is 3.00. The van der Waals surface area contributed by atoms with E-state index in [1.54, 1.807) is 49.9 Å². The Kier molecular flexibility index (Phi) is 5.35. The molecular weight excluding hydrogens is 347 g/mol. The van der Waals surface area contributed by atoms with Crippen LogP contribution in [0, 0.1) is 12.7 Å². The van der Waals surface area contributed by atoms with Crippen molar-refractivity contribution in [1.82, 2.24) is 10.2 Å². The molecule has 1 fully saturated rings. The molecule has 3 rings (SSSR count). The minimum absolute atomic E-state index is 0.00687. The number of carbonyl (C=O) groups excluding carboxylic acids is 2. The predicted octanol–water partition coefficient (Wildman–Crippen LogP) is 3.43. The van der Waals surface area contributed by atoms with E-state index in [4.69, 9.17) is 4.42 Å². The van der Waals surface area contributed by atoms with Crippen LogP contribution in [0.2, 0.25) is 0 Å². The average molecular weight is 372 g/mol. The topological polar surface area (TPSA) is 62.6 Å². The highest BCUT2D eigenvalue weighted by molar-refractivity contribution is 5.95. The minimum atomic E-state index is -0.935. The quantitative estimate of drug-likeness (QED) is 0.894. The molecule has 0 atom stereocenters. The summed E-state index contributed by atoms with van der Waals surface area (Å²) in [4.78, 5) is 27.1. The maximum absolute atomic E-state index is 14.2. The van der Waals surface area contributed by atoms with Gasteiger partial charge in [-0.15, -0.1) is 0 Å². The summed E-state index contributed by atoms with van der Waals surface area (Å²) in [6.45, 7) is 6.33. The number of hydrogen-bond donors (Lipinski definition) is 1. The van der Waals surface area contributed by atoms with E-state index in [-0.39, 0.29) is 23.7 Å². The number of rotatable bonds is 4. The molecule has 1 aliphatic rings. The molecule has 2 aromatic rings. The molecular formula is C21H25FN2O3. The molecule has 1 aromatic carbocycles. The maximum atomic E-state index is 14.2. The molecule has 1 aliphatic heterocycles. The van der Waals surface area contributed by atoms with E-state index in [0.29, 0.717) is 42.8 Å². The van der Waals surface area contributed by atoms with E-state index in [1.165, 1.54) is 12.3 Å². The highest BCUT2D eigenvalue weighted by atomic mass is 19.1. The van der Waals surface area contributed by atoms with Crippen LogP contribution in [0.3, 0.4) is 0 Å². The molecule has 0 bridgehead atoms. The van der Waals surface area contributed by atoms with Gasteiger partial charge in [0.05, 0.1) is 17.2 Å². The van der Waals surface area contributed by atoms with E-state index in [1.807, 2.05) is 0 Å². The van der Waals surface area contributed by atoms with Crippen LogP contribution < -0.4 is 5.32 Å². The van der Waals surface area contributed by atoms with Crippen molar-refractivity contribution in [2.75, 3.05) is 13.1 Å². The van der Waals surface area contributed by atoms with E-state index in [9.17, 15) is 14.0 Å². The van der Waals surface area contributed by atoms with Gasteiger partial charge in [0.25, 0.3) is 5.91 Å². The van der Waals surface area contributed by atoms with Crippen LogP contribution >= 0.6 is 0 Å². The summed E-state index contributed by atoms with van der Waals surface area (Å²) in [6.07, 6.45) is 2.83. The van der Waals surface area contributed by atoms with E-state index in [0.717, 1.165) is 0 Å². The van der Waals surface area contributed by atoms with E-state index >= 15 is 0 Å². The third-order valence-corrected chi connectivity index (χ3v) is 5.30. The van der Waals surface area contributed by atoms with Gasteiger partial charge in [0.15, 0.2) is 0 Å². The molecule has 0 aliphatic carbocycles. The van der Waals surface area contributed by atoms with Crippen molar-refractivity contribution < 1.29 is 18.4 Å². The number of nitrogens with zero attached hydrogens (tertiary/aromatic N) is 1. The SMILES string of the molecule is Cc1occc1C(=O)NC1CCN(C(=O)C(C)(C)c2ccccc2F)CC1. The third-order valence-electron chi connectivity index (χ3n) is 5.30. The van der Waals surface area contributed by atoms with Crippen molar-refractivity contribution in [1.29, 1.82) is 0 Å². The van der Waals surface area contributed by atoms with Crippen molar-refractivity contribution in [3.05, 3.63) is 59.3 Å². The van der Waals surface area contributed by atoms with Gasteiger partial charge in [-0.25, -0.2) is 4.39 Å². The molecule has 0 spiro atoms. The first kappa shape index (κ1) is 19.1. The number of benzene rings is 1. The fourth-order valence-electron chi connectivity index (χ4n) is 3.59. The second kappa shape index (κ2) is 7.55. The summed E-state index contributed by atoms with van der Waals surface area (Å²) in [5.74, 6) is -0.0269. The lowest BCUT2D eigenvalue weighted by Crippen LogP contribution is -2.51. The number of hydrogen-bond acceptors (Lipinski definition) is 3. The highest BCUT2D eigenvalue weighted by Crippen LogP contribution is 2.29. The smallest absolute Gasteiger partial charge is 0.255 e. The number of likely N-dealkylation sites (tertiary alicyclic amines) is 1. The highest BCUT2D eigenvalue weighted by Gasteiger charge is 2.37. The molecule has 1 aromatic heterocycles. The van der Waals surface area contributed by atoms with Crippen LogP contribution in [0.5, 0.6) is 0 Å². The second-order valence-electron chi connectivity index (χ2n) is 7.54. The molecule has 144 valence electrons. The standard InChI is InChI=1S/C21H25FN2O3/c1-14-16(10-13-27-14)19(25)23-15-8-11-24(12-9-15)20(26)21(2,3)17-6-4-5-7-18(17)22/h4-7,10,13,15H,8-9,11-12H2,1-3H3,(H,23,25). The van der Waals surface area contributed by atoms with E-state index < -0.39 is 5.41 Å². The zero-order valence-corrected chi connectivity index (χ0v) is 15.9. The van der Waals surface area contributed by atoms with Crippen LogP contribution in [0.15, 0.2) is 41.0 Å². The van der Waals surface area contributed by atoms with Crippen LogP contribution in [0.1, 0.15) is 48.4 Å². The van der Waals surface area contributed by atoms with Crippen LogP contribution in [-0.4, -0.2) is 35.8 Å². The van der Waals surface area contributed by atoms with Gasteiger partial charge in [-0.05, 0) is 45.7 Å². The summed E-state index contributed by atoms with van der Waals surface area (Å²) in [5.41, 5.74) is 0.00468. The fraction of sp³-hybridized carbons (Fsp3) is 0.429. The molecule has 0 saturated carbocycles.